The highest BCUT2D eigenvalue weighted by molar-refractivity contribution is 5.66. The third-order valence-corrected chi connectivity index (χ3v) is 3.14. The summed E-state index contributed by atoms with van der Waals surface area (Å²) in [5.74, 6) is 0.196. The highest BCUT2D eigenvalue weighted by Gasteiger charge is 2.23. The molecule has 0 aliphatic carbocycles. The van der Waals surface area contributed by atoms with E-state index >= 15 is 0 Å². The Bertz CT molecular complexity index is 380. The molecule has 0 saturated carbocycles. The van der Waals surface area contributed by atoms with E-state index in [1.807, 2.05) is 30.3 Å². The molecule has 1 N–H and O–H groups in total. The monoisotopic (exact) mass is 249 g/mol. The molecule has 0 bridgehead atoms. The first-order chi connectivity index (χ1) is 8.74. The molecule has 0 spiro atoms. The number of hydrogen-bond donors (Lipinski definition) is 1. The summed E-state index contributed by atoms with van der Waals surface area (Å²) in [5.41, 5.74) is 0. The van der Waals surface area contributed by atoms with Crippen LogP contribution in [0.15, 0.2) is 30.3 Å². The van der Waals surface area contributed by atoms with E-state index in [4.69, 9.17) is 9.84 Å². The van der Waals surface area contributed by atoms with E-state index in [1.54, 1.807) is 0 Å². The van der Waals surface area contributed by atoms with Crippen molar-refractivity contribution in [1.82, 2.24) is 4.90 Å². The predicted molar refractivity (Wildman–Crippen MR) is 68.8 cm³/mol. The number of carboxylic acid groups (broad SMARTS) is 1. The van der Waals surface area contributed by atoms with Gasteiger partial charge in [-0.15, -0.1) is 0 Å². The first-order valence-corrected chi connectivity index (χ1v) is 6.40. The van der Waals surface area contributed by atoms with Crippen molar-refractivity contribution in [2.45, 2.75) is 25.4 Å². The Morgan fingerprint density at radius 2 is 2.17 bits per heavy atom. The van der Waals surface area contributed by atoms with E-state index in [2.05, 4.69) is 4.90 Å². The van der Waals surface area contributed by atoms with Crippen LogP contribution in [-0.4, -0.2) is 41.7 Å². The predicted octanol–water partition coefficient (Wildman–Crippen LogP) is 2.00. The van der Waals surface area contributed by atoms with Gasteiger partial charge in [-0.1, -0.05) is 18.2 Å². The molecule has 1 saturated heterocycles. The van der Waals surface area contributed by atoms with Crippen LogP contribution >= 0.6 is 0 Å². The maximum absolute atomic E-state index is 10.4. The third kappa shape index (κ3) is 4.04. The minimum absolute atomic E-state index is 0.234. The minimum atomic E-state index is -0.716. The second-order valence-corrected chi connectivity index (χ2v) is 4.64. The Hall–Kier alpha value is -1.55. The first kappa shape index (κ1) is 12.9. The zero-order valence-corrected chi connectivity index (χ0v) is 10.4. The molecule has 18 heavy (non-hydrogen) atoms. The van der Waals surface area contributed by atoms with Gasteiger partial charge in [0.05, 0.1) is 0 Å². The van der Waals surface area contributed by atoms with Crippen molar-refractivity contribution in [3.63, 3.8) is 0 Å². The SMILES string of the molecule is O=C(O)CCCN1CCC(Oc2ccccc2)C1. The number of nitrogens with zero attached hydrogens (tertiary/aromatic N) is 1. The van der Waals surface area contributed by atoms with Gasteiger partial charge >= 0.3 is 5.97 Å². The molecule has 1 atom stereocenters. The molecule has 1 aromatic carbocycles. The summed E-state index contributed by atoms with van der Waals surface area (Å²) < 4.78 is 5.87. The molecule has 4 nitrogen and oxygen atoms in total. The van der Waals surface area contributed by atoms with Crippen LogP contribution in [-0.2, 0) is 4.79 Å². The largest absolute Gasteiger partial charge is 0.489 e. The summed E-state index contributed by atoms with van der Waals surface area (Å²) in [6.45, 7) is 2.74. The second kappa shape index (κ2) is 6.40. The lowest BCUT2D eigenvalue weighted by Crippen LogP contribution is -2.26. The quantitative estimate of drug-likeness (QED) is 0.837. The summed E-state index contributed by atoms with van der Waals surface area (Å²) in [6.07, 6.45) is 2.22. The lowest BCUT2D eigenvalue weighted by Gasteiger charge is -2.16. The van der Waals surface area contributed by atoms with E-state index in [1.165, 1.54) is 0 Å². The third-order valence-electron chi connectivity index (χ3n) is 3.14. The van der Waals surface area contributed by atoms with Gasteiger partial charge in [-0.3, -0.25) is 9.69 Å². The van der Waals surface area contributed by atoms with Gasteiger partial charge in [0.1, 0.15) is 11.9 Å². The number of benzene rings is 1. The highest BCUT2D eigenvalue weighted by atomic mass is 16.5. The zero-order valence-electron chi connectivity index (χ0n) is 10.4. The van der Waals surface area contributed by atoms with Gasteiger partial charge in [-0.05, 0) is 31.5 Å². The fourth-order valence-electron chi connectivity index (χ4n) is 2.24. The summed E-state index contributed by atoms with van der Waals surface area (Å²) >= 11 is 0. The molecule has 98 valence electrons. The van der Waals surface area contributed by atoms with Crippen LogP contribution in [0.3, 0.4) is 0 Å². The fraction of sp³-hybridized carbons (Fsp3) is 0.500. The van der Waals surface area contributed by atoms with E-state index in [9.17, 15) is 4.79 Å². The zero-order chi connectivity index (χ0) is 12.8. The summed E-state index contributed by atoms with van der Waals surface area (Å²) in [4.78, 5) is 12.7. The summed E-state index contributed by atoms with van der Waals surface area (Å²) in [7, 11) is 0. The molecular weight excluding hydrogens is 230 g/mol. The average Bonchev–Trinajstić information content (AvgIpc) is 2.78. The van der Waals surface area contributed by atoms with Crippen LogP contribution in [0.4, 0.5) is 0 Å². The number of para-hydroxylation sites is 1. The van der Waals surface area contributed by atoms with Crippen LogP contribution in [0.1, 0.15) is 19.3 Å². The van der Waals surface area contributed by atoms with Gasteiger partial charge in [0.15, 0.2) is 0 Å². The minimum Gasteiger partial charge on any atom is -0.489 e. The Kier molecular flexibility index (Phi) is 4.59. The maximum atomic E-state index is 10.4. The lowest BCUT2D eigenvalue weighted by molar-refractivity contribution is -0.137. The van der Waals surface area contributed by atoms with Gasteiger partial charge in [-0.2, -0.15) is 0 Å². The Morgan fingerprint density at radius 3 is 2.89 bits per heavy atom. The second-order valence-electron chi connectivity index (χ2n) is 4.64. The van der Waals surface area contributed by atoms with Gasteiger partial charge in [0.2, 0.25) is 0 Å². The number of aliphatic carboxylic acids is 1. The number of hydrogen-bond acceptors (Lipinski definition) is 3. The van der Waals surface area contributed by atoms with Crippen LogP contribution in [0.25, 0.3) is 0 Å². The molecule has 0 amide bonds. The lowest BCUT2D eigenvalue weighted by atomic mass is 10.3. The average molecular weight is 249 g/mol. The van der Waals surface area contributed by atoms with Gasteiger partial charge < -0.3 is 9.84 Å². The van der Waals surface area contributed by atoms with Gasteiger partial charge in [0.25, 0.3) is 0 Å². The number of likely N-dealkylation sites (tertiary alicyclic amines) is 1. The number of carbonyl (C=O) groups is 1. The highest BCUT2D eigenvalue weighted by Crippen LogP contribution is 2.18. The van der Waals surface area contributed by atoms with Crippen LogP contribution in [0, 0.1) is 0 Å². The van der Waals surface area contributed by atoms with Gasteiger partial charge in [-0.25, -0.2) is 0 Å². The Labute approximate surface area is 107 Å². The van der Waals surface area contributed by atoms with E-state index in [0.29, 0.717) is 6.42 Å². The van der Waals surface area contributed by atoms with Crippen molar-refractivity contribution >= 4 is 5.97 Å². The van der Waals surface area contributed by atoms with Gasteiger partial charge in [0, 0.05) is 19.5 Å². The van der Waals surface area contributed by atoms with E-state index in [-0.39, 0.29) is 12.5 Å². The van der Waals surface area contributed by atoms with E-state index in [0.717, 1.165) is 31.8 Å². The van der Waals surface area contributed by atoms with Crippen molar-refractivity contribution in [2.75, 3.05) is 19.6 Å². The molecule has 0 radical (unpaired) electrons. The van der Waals surface area contributed by atoms with Crippen LogP contribution in [0.2, 0.25) is 0 Å². The molecule has 0 aromatic heterocycles. The van der Waals surface area contributed by atoms with E-state index < -0.39 is 5.97 Å². The molecule has 1 aliphatic heterocycles. The molecule has 1 fully saturated rings. The molecule has 1 heterocycles. The summed E-state index contributed by atoms with van der Waals surface area (Å²) in [5, 5.41) is 8.59. The Balaban J connectivity index is 1.70. The molecule has 1 aromatic rings. The first-order valence-electron chi connectivity index (χ1n) is 6.40. The van der Waals surface area contributed by atoms with Crippen LogP contribution < -0.4 is 4.74 Å². The smallest absolute Gasteiger partial charge is 0.303 e. The molecular formula is C14H19NO3. The number of ether oxygens (including phenoxy) is 1. The van der Waals surface area contributed by atoms with Crippen molar-refractivity contribution in [1.29, 1.82) is 0 Å². The molecule has 1 unspecified atom stereocenters. The number of carboxylic acids is 1. The summed E-state index contributed by atoms with van der Waals surface area (Å²) in [6, 6.07) is 9.84. The van der Waals surface area contributed by atoms with Crippen molar-refractivity contribution in [3.8, 4) is 5.75 Å². The molecule has 4 heteroatoms. The molecule has 1 aliphatic rings. The Morgan fingerprint density at radius 1 is 1.39 bits per heavy atom. The van der Waals surface area contributed by atoms with Crippen molar-refractivity contribution in [3.05, 3.63) is 30.3 Å². The van der Waals surface area contributed by atoms with Crippen LogP contribution in [0.5, 0.6) is 5.75 Å². The number of rotatable bonds is 6. The normalized spacial score (nSPS) is 19.9. The maximum Gasteiger partial charge on any atom is 0.303 e. The standard InChI is InChI=1S/C14H19NO3/c16-14(17)7-4-9-15-10-8-13(11-15)18-12-5-2-1-3-6-12/h1-3,5-6,13H,4,7-11H2,(H,16,17). The van der Waals surface area contributed by atoms with Crippen molar-refractivity contribution < 1.29 is 14.6 Å². The van der Waals surface area contributed by atoms with Crippen molar-refractivity contribution in [2.24, 2.45) is 0 Å². The topological polar surface area (TPSA) is 49.8 Å². The fourth-order valence-corrected chi connectivity index (χ4v) is 2.24. The molecule has 2 rings (SSSR count).